The van der Waals surface area contributed by atoms with Gasteiger partial charge in [-0.15, -0.1) is 0 Å². The molecule has 0 saturated carbocycles. The van der Waals surface area contributed by atoms with E-state index in [1.807, 2.05) is 6.92 Å². The molecule has 0 spiro atoms. The van der Waals surface area contributed by atoms with Gasteiger partial charge in [0.05, 0.1) is 6.61 Å². The molecule has 2 N–H and O–H groups in total. The molecule has 0 bridgehead atoms. The molecule has 0 radical (unpaired) electrons. The molecule has 2 rings (SSSR count). The zero-order valence-electron chi connectivity index (χ0n) is 12.5. The standard InChI is InChI=1S/C16H16N2O5/c1-2-22-12-7-5-11(6-8-12)18-14(19)10-23-16(21)13-4-3-9-17-15(13)20/h3-9H,2,10H2,1H3,(H,17,20)(H,18,19). The van der Waals surface area contributed by atoms with Gasteiger partial charge >= 0.3 is 5.97 Å². The van der Waals surface area contributed by atoms with Crippen molar-refractivity contribution in [3.05, 3.63) is 58.5 Å². The Morgan fingerprint density at radius 3 is 2.57 bits per heavy atom. The highest BCUT2D eigenvalue weighted by molar-refractivity contribution is 5.95. The summed E-state index contributed by atoms with van der Waals surface area (Å²) in [6.45, 7) is 1.95. The van der Waals surface area contributed by atoms with Gasteiger partial charge in [-0.1, -0.05) is 0 Å². The Morgan fingerprint density at radius 1 is 1.17 bits per heavy atom. The molecule has 0 aliphatic carbocycles. The number of rotatable bonds is 6. The number of pyridine rings is 1. The molecule has 1 heterocycles. The van der Waals surface area contributed by atoms with Gasteiger partial charge in [0.2, 0.25) is 0 Å². The third-order valence-corrected chi connectivity index (χ3v) is 2.82. The Morgan fingerprint density at radius 2 is 1.91 bits per heavy atom. The minimum Gasteiger partial charge on any atom is -0.494 e. The smallest absolute Gasteiger partial charge is 0.344 e. The first-order chi connectivity index (χ1) is 11.1. The molecule has 7 heteroatoms. The Kier molecular flexibility index (Phi) is 5.51. The molecule has 0 atom stereocenters. The number of carbonyl (C=O) groups is 2. The molecular weight excluding hydrogens is 300 g/mol. The Hall–Kier alpha value is -3.09. The van der Waals surface area contributed by atoms with Crippen LogP contribution >= 0.6 is 0 Å². The zero-order valence-corrected chi connectivity index (χ0v) is 12.5. The molecule has 0 saturated heterocycles. The predicted octanol–water partition coefficient (Wildman–Crippen LogP) is 1.57. The minimum atomic E-state index is -0.853. The molecule has 1 amide bonds. The van der Waals surface area contributed by atoms with Crippen LogP contribution in [0.5, 0.6) is 5.75 Å². The number of hydrogen-bond donors (Lipinski definition) is 2. The molecule has 1 aromatic carbocycles. The summed E-state index contributed by atoms with van der Waals surface area (Å²) in [5.41, 5.74) is -0.169. The van der Waals surface area contributed by atoms with Gasteiger partial charge in [-0.25, -0.2) is 4.79 Å². The van der Waals surface area contributed by atoms with Gasteiger partial charge in [0.25, 0.3) is 11.5 Å². The highest BCUT2D eigenvalue weighted by atomic mass is 16.5. The van der Waals surface area contributed by atoms with E-state index < -0.39 is 24.0 Å². The highest BCUT2D eigenvalue weighted by Gasteiger charge is 2.13. The number of H-pyrrole nitrogens is 1. The Bertz CT molecular complexity index is 737. The van der Waals surface area contributed by atoms with Crippen molar-refractivity contribution in [2.75, 3.05) is 18.5 Å². The summed E-state index contributed by atoms with van der Waals surface area (Å²) in [4.78, 5) is 37.2. The quantitative estimate of drug-likeness (QED) is 0.788. The molecule has 0 aliphatic rings. The van der Waals surface area contributed by atoms with Gasteiger partial charge in [0.1, 0.15) is 11.3 Å². The normalized spacial score (nSPS) is 9.96. The summed E-state index contributed by atoms with van der Waals surface area (Å²) < 4.78 is 10.1. The van der Waals surface area contributed by atoms with Crippen LogP contribution in [0.25, 0.3) is 0 Å². The van der Waals surface area contributed by atoms with Crippen molar-refractivity contribution < 1.29 is 19.1 Å². The maximum Gasteiger partial charge on any atom is 0.344 e. The van der Waals surface area contributed by atoms with Gasteiger partial charge in [-0.3, -0.25) is 9.59 Å². The summed E-state index contributed by atoms with van der Waals surface area (Å²) in [7, 11) is 0. The largest absolute Gasteiger partial charge is 0.494 e. The number of esters is 1. The van der Waals surface area contributed by atoms with E-state index in [2.05, 4.69) is 10.3 Å². The van der Waals surface area contributed by atoms with Crippen LogP contribution in [-0.2, 0) is 9.53 Å². The molecule has 0 aliphatic heterocycles. The number of carbonyl (C=O) groups excluding carboxylic acids is 2. The van der Waals surface area contributed by atoms with Crippen LogP contribution in [0.1, 0.15) is 17.3 Å². The van der Waals surface area contributed by atoms with Gasteiger partial charge in [-0.2, -0.15) is 0 Å². The monoisotopic (exact) mass is 316 g/mol. The molecule has 7 nitrogen and oxygen atoms in total. The minimum absolute atomic E-state index is 0.152. The van der Waals surface area contributed by atoms with Gasteiger partial charge < -0.3 is 19.8 Å². The SMILES string of the molecule is CCOc1ccc(NC(=O)COC(=O)c2ccc[nH]c2=O)cc1. The second-order valence-corrected chi connectivity index (χ2v) is 4.49. The third kappa shape index (κ3) is 4.70. The number of amides is 1. The van der Waals surface area contributed by atoms with E-state index in [4.69, 9.17) is 9.47 Å². The number of aromatic nitrogens is 1. The lowest BCUT2D eigenvalue weighted by atomic mass is 10.3. The Labute approximate surface area is 132 Å². The van der Waals surface area contributed by atoms with E-state index in [0.717, 1.165) is 0 Å². The number of hydrogen-bond acceptors (Lipinski definition) is 5. The van der Waals surface area contributed by atoms with E-state index in [-0.39, 0.29) is 5.56 Å². The van der Waals surface area contributed by atoms with Crippen molar-refractivity contribution in [3.63, 3.8) is 0 Å². The fraction of sp³-hybridized carbons (Fsp3) is 0.188. The van der Waals surface area contributed by atoms with Crippen molar-refractivity contribution in [2.24, 2.45) is 0 Å². The zero-order chi connectivity index (χ0) is 16.7. The summed E-state index contributed by atoms with van der Waals surface area (Å²) in [5, 5.41) is 2.58. The summed E-state index contributed by atoms with van der Waals surface area (Å²) in [5.74, 6) is -0.663. The second-order valence-electron chi connectivity index (χ2n) is 4.49. The van der Waals surface area contributed by atoms with E-state index in [9.17, 15) is 14.4 Å². The number of benzene rings is 1. The van der Waals surface area contributed by atoms with Crippen molar-refractivity contribution in [1.82, 2.24) is 4.98 Å². The maximum absolute atomic E-state index is 11.7. The lowest BCUT2D eigenvalue weighted by molar-refractivity contribution is -0.119. The summed E-state index contributed by atoms with van der Waals surface area (Å²) in [6, 6.07) is 9.60. The molecule has 0 fully saturated rings. The first-order valence-corrected chi connectivity index (χ1v) is 6.97. The predicted molar refractivity (Wildman–Crippen MR) is 83.6 cm³/mol. The maximum atomic E-state index is 11.7. The molecule has 1 aromatic heterocycles. The average molecular weight is 316 g/mol. The number of anilines is 1. The van der Waals surface area contributed by atoms with Gasteiger partial charge in [-0.05, 0) is 43.3 Å². The molecule has 120 valence electrons. The number of nitrogens with one attached hydrogen (secondary N) is 2. The fourth-order valence-corrected chi connectivity index (χ4v) is 1.79. The van der Waals surface area contributed by atoms with Crippen LogP contribution in [0.15, 0.2) is 47.4 Å². The van der Waals surface area contributed by atoms with Crippen LogP contribution in [-0.4, -0.2) is 30.1 Å². The third-order valence-electron chi connectivity index (χ3n) is 2.82. The molecule has 23 heavy (non-hydrogen) atoms. The molecule has 2 aromatic rings. The summed E-state index contributed by atoms with van der Waals surface area (Å²) >= 11 is 0. The molecule has 0 unspecified atom stereocenters. The van der Waals surface area contributed by atoms with Crippen LogP contribution in [0, 0.1) is 0 Å². The van der Waals surface area contributed by atoms with Crippen molar-refractivity contribution in [3.8, 4) is 5.75 Å². The highest BCUT2D eigenvalue weighted by Crippen LogP contribution is 2.15. The molecular formula is C16H16N2O5. The van der Waals surface area contributed by atoms with Gasteiger partial charge in [0.15, 0.2) is 6.61 Å². The average Bonchev–Trinajstić information content (AvgIpc) is 2.55. The van der Waals surface area contributed by atoms with Gasteiger partial charge in [0, 0.05) is 11.9 Å². The second kappa shape index (κ2) is 7.79. The van der Waals surface area contributed by atoms with Crippen LogP contribution < -0.4 is 15.6 Å². The number of aromatic amines is 1. The van der Waals surface area contributed by atoms with Crippen molar-refractivity contribution in [2.45, 2.75) is 6.92 Å². The van der Waals surface area contributed by atoms with E-state index in [1.165, 1.54) is 18.3 Å². The van der Waals surface area contributed by atoms with Crippen LogP contribution in [0.4, 0.5) is 5.69 Å². The van der Waals surface area contributed by atoms with Crippen LogP contribution in [0.2, 0.25) is 0 Å². The van der Waals surface area contributed by atoms with Crippen LogP contribution in [0.3, 0.4) is 0 Å². The fourth-order valence-electron chi connectivity index (χ4n) is 1.79. The van der Waals surface area contributed by atoms with E-state index in [0.29, 0.717) is 18.0 Å². The summed E-state index contributed by atoms with van der Waals surface area (Å²) in [6.07, 6.45) is 1.40. The lowest BCUT2D eigenvalue weighted by Crippen LogP contribution is -2.24. The van der Waals surface area contributed by atoms with Crippen molar-refractivity contribution in [1.29, 1.82) is 0 Å². The topological polar surface area (TPSA) is 97.5 Å². The van der Waals surface area contributed by atoms with Crippen molar-refractivity contribution >= 4 is 17.6 Å². The lowest BCUT2D eigenvalue weighted by Gasteiger charge is -2.07. The van der Waals surface area contributed by atoms with E-state index >= 15 is 0 Å². The first kappa shape index (κ1) is 16.3. The first-order valence-electron chi connectivity index (χ1n) is 6.97. The number of ether oxygens (including phenoxy) is 2. The Balaban J connectivity index is 1.86. The van der Waals surface area contributed by atoms with E-state index in [1.54, 1.807) is 24.3 Å².